The molecule has 0 atom stereocenters. The lowest BCUT2D eigenvalue weighted by atomic mass is 10.1. The summed E-state index contributed by atoms with van der Waals surface area (Å²) in [6.45, 7) is 9.75. The first-order valence-electron chi connectivity index (χ1n) is 4.35. The van der Waals surface area contributed by atoms with Gasteiger partial charge in [-0.05, 0) is 19.3 Å². The number of hydrogen-bond donors (Lipinski definition) is 1. The van der Waals surface area contributed by atoms with Gasteiger partial charge in [0.25, 0.3) is 0 Å². The van der Waals surface area contributed by atoms with E-state index in [-0.39, 0.29) is 5.76 Å². The number of rotatable bonds is 3. The van der Waals surface area contributed by atoms with E-state index in [0.29, 0.717) is 5.92 Å². The van der Waals surface area contributed by atoms with E-state index in [9.17, 15) is 5.11 Å². The lowest BCUT2D eigenvalue weighted by Crippen LogP contribution is -1.97. The summed E-state index contributed by atoms with van der Waals surface area (Å²) >= 11 is 1.50. The van der Waals surface area contributed by atoms with Gasteiger partial charge in [-0.1, -0.05) is 20.4 Å². The summed E-state index contributed by atoms with van der Waals surface area (Å²) in [4.78, 5) is 5.21. The van der Waals surface area contributed by atoms with Crippen LogP contribution < -0.4 is 0 Å². The predicted octanol–water partition coefficient (Wildman–Crippen LogP) is 3.18. The zero-order valence-corrected chi connectivity index (χ0v) is 9.11. The van der Waals surface area contributed by atoms with E-state index >= 15 is 0 Å². The molecule has 0 saturated carbocycles. The molecule has 0 bridgehead atoms. The van der Waals surface area contributed by atoms with Crippen molar-refractivity contribution < 1.29 is 5.11 Å². The van der Waals surface area contributed by atoms with Crippen LogP contribution in [0.25, 0.3) is 5.76 Å². The molecule has 13 heavy (non-hydrogen) atoms. The highest BCUT2D eigenvalue weighted by molar-refractivity contribution is 7.12. The summed E-state index contributed by atoms with van der Waals surface area (Å²) in [7, 11) is 0. The van der Waals surface area contributed by atoms with E-state index < -0.39 is 0 Å². The largest absolute Gasteiger partial charge is 0.507 e. The van der Waals surface area contributed by atoms with E-state index in [0.717, 1.165) is 22.0 Å². The Labute approximate surface area is 83.0 Å². The van der Waals surface area contributed by atoms with Crippen molar-refractivity contribution in [3.05, 3.63) is 22.2 Å². The first kappa shape index (κ1) is 10.3. The van der Waals surface area contributed by atoms with Gasteiger partial charge in [0, 0.05) is 0 Å². The molecule has 1 rings (SSSR count). The van der Waals surface area contributed by atoms with Crippen molar-refractivity contribution in [2.45, 2.75) is 27.2 Å². The Bertz CT molecular complexity index is 315. The number of aryl methyl sites for hydroxylation is 1. The summed E-state index contributed by atoms with van der Waals surface area (Å²) in [5, 5.41) is 10.3. The van der Waals surface area contributed by atoms with Gasteiger partial charge >= 0.3 is 0 Å². The van der Waals surface area contributed by atoms with Crippen molar-refractivity contribution in [2.75, 3.05) is 0 Å². The van der Waals surface area contributed by atoms with Gasteiger partial charge in [-0.2, -0.15) is 0 Å². The van der Waals surface area contributed by atoms with Crippen LogP contribution in [0.3, 0.4) is 0 Å². The second-order valence-corrected chi connectivity index (χ2v) is 4.76. The van der Waals surface area contributed by atoms with Crippen LogP contribution in [0.1, 0.15) is 29.4 Å². The Morgan fingerprint density at radius 2 is 2.23 bits per heavy atom. The fourth-order valence-electron chi connectivity index (χ4n) is 1.22. The maximum Gasteiger partial charge on any atom is 0.127 e. The van der Waals surface area contributed by atoms with E-state index in [1.54, 1.807) is 0 Å². The van der Waals surface area contributed by atoms with Crippen LogP contribution in [-0.4, -0.2) is 10.1 Å². The van der Waals surface area contributed by atoms with Gasteiger partial charge in [-0.3, -0.25) is 0 Å². The topological polar surface area (TPSA) is 33.1 Å². The predicted molar refractivity (Wildman–Crippen MR) is 57.1 cm³/mol. The molecule has 0 unspecified atom stereocenters. The van der Waals surface area contributed by atoms with E-state index in [1.165, 1.54) is 11.3 Å². The quantitative estimate of drug-likeness (QED) is 0.755. The SMILES string of the molecule is C=C(O)c1sc(C)nc1CC(C)C. The molecular formula is C10H15NOS. The fourth-order valence-corrected chi connectivity index (χ4v) is 2.04. The Balaban J connectivity index is 2.97. The van der Waals surface area contributed by atoms with E-state index in [2.05, 4.69) is 25.4 Å². The average molecular weight is 197 g/mol. The van der Waals surface area contributed by atoms with Crippen molar-refractivity contribution in [1.29, 1.82) is 0 Å². The zero-order chi connectivity index (χ0) is 10.0. The van der Waals surface area contributed by atoms with Crippen LogP contribution in [0, 0.1) is 12.8 Å². The van der Waals surface area contributed by atoms with Crippen molar-refractivity contribution in [1.82, 2.24) is 4.98 Å². The van der Waals surface area contributed by atoms with Crippen LogP contribution in [-0.2, 0) is 6.42 Å². The Morgan fingerprint density at radius 1 is 1.62 bits per heavy atom. The number of aliphatic hydroxyl groups excluding tert-OH is 1. The average Bonchev–Trinajstić information content (AvgIpc) is 2.29. The smallest absolute Gasteiger partial charge is 0.127 e. The molecule has 72 valence electrons. The van der Waals surface area contributed by atoms with Crippen molar-refractivity contribution in [3.8, 4) is 0 Å². The number of thiazole rings is 1. The molecule has 3 heteroatoms. The molecule has 0 aliphatic carbocycles. The van der Waals surface area contributed by atoms with Gasteiger partial charge in [-0.25, -0.2) is 4.98 Å². The second-order valence-electron chi connectivity index (χ2n) is 3.55. The van der Waals surface area contributed by atoms with Gasteiger partial charge in [0.2, 0.25) is 0 Å². The minimum atomic E-state index is 0.140. The molecule has 2 nitrogen and oxygen atoms in total. The number of aliphatic hydroxyl groups is 1. The third-order valence-electron chi connectivity index (χ3n) is 1.67. The third kappa shape index (κ3) is 2.56. The summed E-state index contributed by atoms with van der Waals surface area (Å²) in [5.74, 6) is 0.695. The lowest BCUT2D eigenvalue weighted by Gasteiger charge is -2.03. The van der Waals surface area contributed by atoms with Crippen molar-refractivity contribution >= 4 is 17.1 Å². The highest BCUT2D eigenvalue weighted by atomic mass is 32.1. The first-order chi connectivity index (χ1) is 6.00. The molecule has 1 N–H and O–H groups in total. The zero-order valence-electron chi connectivity index (χ0n) is 8.29. The van der Waals surface area contributed by atoms with E-state index in [1.807, 2.05) is 6.92 Å². The minimum Gasteiger partial charge on any atom is -0.507 e. The molecule has 0 saturated heterocycles. The monoisotopic (exact) mass is 197 g/mol. The van der Waals surface area contributed by atoms with Gasteiger partial charge in [-0.15, -0.1) is 11.3 Å². The molecule has 0 amide bonds. The maximum atomic E-state index is 9.31. The van der Waals surface area contributed by atoms with E-state index in [4.69, 9.17) is 0 Å². The highest BCUT2D eigenvalue weighted by Gasteiger charge is 2.12. The number of nitrogens with zero attached hydrogens (tertiary/aromatic N) is 1. The molecule has 1 heterocycles. The van der Waals surface area contributed by atoms with Gasteiger partial charge in [0.15, 0.2) is 0 Å². The first-order valence-corrected chi connectivity index (χ1v) is 5.17. The Hall–Kier alpha value is -0.830. The van der Waals surface area contributed by atoms with Crippen molar-refractivity contribution in [3.63, 3.8) is 0 Å². The lowest BCUT2D eigenvalue weighted by molar-refractivity contribution is 0.513. The molecule has 0 aliphatic rings. The molecule has 0 aliphatic heterocycles. The van der Waals surface area contributed by atoms with Crippen LogP contribution in [0.5, 0.6) is 0 Å². The van der Waals surface area contributed by atoms with Crippen LogP contribution in [0.4, 0.5) is 0 Å². The minimum absolute atomic E-state index is 0.140. The van der Waals surface area contributed by atoms with Gasteiger partial charge < -0.3 is 5.11 Å². The molecule has 0 aromatic carbocycles. The normalized spacial score (nSPS) is 10.8. The summed E-state index contributed by atoms with van der Waals surface area (Å²) in [6.07, 6.45) is 0.902. The molecule has 0 spiro atoms. The molecular weight excluding hydrogens is 182 g/mol. The Kier molecular flexibility index (Phi) is 3.09. The van der Waals surface area contributed by atoms with Crippen molar-refractivity contribution in [2.24, 2.45) is 5.92 Å². The Morgan fingerprint density at radius 3 is 2.69 bits per heavy atom. The molecule has 1 aromatic rings. The van der Waals surface area contributed by atoms with Gasteiger partial charge in [0.1, 0.15) is 5.76 Å². The maximum absolute atomic E-state index is 9.31. The van der Waals surface area contributed by atoms with Crippen LogP contribution in [0.2, 0.25) is 0 Å². The number of aromatic nitrogens is 1. The highest BCUT2D eigenvalue weighted by Crippen LogP contribution is 2.25. The van der Waals surface area contributed by atoms with Gasteiger partial charge in [0.05, 0.1) is 15.6 Å². The molecule has 0 fully saturated rings. The standard InChI is InChI=1S/C10H15NOS/c1-6(2)5-9-10(7(3)12)13-8(4)11-9/h6,12H,3,5H2,1-2,4H3. The third-order valence-corrected chi connectivity index (χ3v) is 2.73. The second kappa shape index (κ2) is 3.92. The summed E-state index contributed by atoms with van der Waals surface area (Å²) in [6, 6.07) is 0. The fraction of sp³-hybridized carbons (Fsp3) is 0.500. The summed E-state index contributed by atoms with van der Waals surface area (Å²) in [5.41, 5.74) is 0.977. The number of hydrogen-bond acceptors (Lipinski definition) is 3. The van der Waals surface area contributed by atoms with Crippen LogP contribution in [0.15, 0.2) is 6.58 Å². The molecule has 1 aromatic heterocycles. The summed E-state index contributed by atoms with van der Waals surface area (Å²) < 4.78 is 0. The van der Waals surface area contributed by atoms with Crippen LogP contribution >= 0.6 is 11.3 Å². The molecule has 0 radical (unpaired) electrons.